The van der Waals surface area contributed by atoms with Gasteiger partial charge >= 0.3 is 12.1 Å². The van der Waals surface area contributed by atoms with Crippen molar-refractivity contribution in [2.45, 2.75) is 39.3 Å². The van der Waals surface area contributed by atoms with Gasteiger partial charge in [-0.3, -0.25) is 0 Å². The number of aromatic nitrogens is 3. The van der Waals surface area contributed by atoms with Crippen molar-refractivity contribution in [2.24, 2.45) is 0 Å². The van der Waals surface area contributed by atoms with Crippen molar-refractivity contribution in [1.82, 2.24) is 20.4 Å². The molecular formula is C24H25F3N6O3. The number of rotatable bonds is 5. The van der Waals surface area contributed by atoms with Crippen LogP contribution in [0.1, 0.15) is 35.6 Å². The average molecular weight is 502 g/mol. The van der Waals surface area contributed by atoms with Crippen molar-refractivity contribution in [3.05, 3.63) is 46.6 Å². The molecule has 0 fully saturated rings. The van der Waals surface area contributed by atoms with Crippen LogP contribution >= 0.6 is 0 Å². The number of anilines is 1. The van der Waals surface area contributed by atoms with E-state index in [0.29, 0.717) is 28.7 Å². The highest BCUT2D eigenvalue weighted by atomic mass is 19.4. The highest BCUT2D eigenvalue weighted by Crippen LogP contribution is 2.30. The molecule has 0 bridgehead atoms. The minimum absolute atomic E-state index is 0.363. The van der Waals surface area contributed by atoms with E-state index in [1.165, 1.54) is 16.7 Å². The van der Waals surface area contributed by atoms with Gasteiger partial charge in [0.05, 0.1) is 11.1 Å². The number of nitrogens with zero attached hydrogens (tertiary/aromatic N) is 4. The lowest BCUT2D eigenvalue weighted by Crippen LogP contribution is -2.21. The zero-order chi connectivity index (χ0) is 26.3. The van der Waals surface area contributed by atoms with Gasteiger partial charge in [0.1, 0.15) is 11.9 Å². The number of nitriles is 1. The van der Waals surface area contributed by atoms with Gasteiger partial charge in [-0.25, -0.2) is 9.78 Å². The largest absolute Gasteiger partial charge is 0.490 e. The number of carbonyl (C=O) groups is 1. The van der Waals surface area contributed by atoms with E-state index in [0.717, 1.165) is 44.5 Å². The Morgan fingerprint density at radius 1 is 1.31 bits per heavy atom. The van der Waals surface area contributed by atoms with E-state index in [-0.39, 0.29) is 0 Å². The third kappa shape index (κ3) is 6.37. The normalized spacial score (nSPS) is 13.0. The van der Waals surface area contributed by atoms with E-state index in [1.807, 2.05) is 0 Å². The molecule has 9 nitrogen and oxygen atoms in total. The monoisotopic (exact) mass is 502 g/mol. The second-order valence-corrected chi connectivity index (χ2v) is 8.01. The SMILES string of the molecule is CCCNc1ncc(-c2nc(-c3ccc4c(c3C)CCNCC4)no2)cc1C#N.O=C(O)C(F)(F)F. The molecule has 0 saturated carbocycles. The van der Waals surface area contributed by atoms with Crippen LogP contribution in [0.4, 0.5) is 19.0 Å². The van der Waals surface area contributed by atoms with Crippen molar-refractivity contribution < 1.29 is 27.6 Å². The molecule has 190 valence electrons. The van der Waals surface area contributed by atoms with Gasteiger partial charge in [-0.05, 0) is 62.0 Å². The van der Waals surface area contributed by atoms with Crippen LogP contribution in [-0.2, 0) is 17.6 Å². The molecule has 1 aromatic carbocycles. The van der Waals surface area contributed by atoms with Crippen LogP contribution in [-0.4, -0.2) is 52.0 Å². The quantitative estimate of drug-likeness (QED) is 0.470. The number of nitrogens with one attached hydrogen (secondary N) is 2. The Bertz CT molecular complexity index is 1270. The fraction of sp³-hybridized carbons (Fsp3) is 0.375. The number of carboxylic acids is 1. The summed E-state index contributed by atoms with van der Waals surface area (Å²) in [6, 6.07) is 8.16. The highest BCUT2D eigenvalue weighted by molar-refractivity contribution is 5.73. The Morgan fingerprint density at radius 2 is 2.03 bits per heavy atom. The summed E-state index contributed by atoms with van der Waals surface area (Å²) in [6.07, 6.45) is -0.431. The van der Waals surface area contributed by atoms with E-state index in [9.17, 15) is 18.4 Å². The molecule has 4 rings (SSSR count). The van der Waals surface area contributed by atoms with E-state index >= 15 is 0 Å². The number of halogens is 3. The van der Waals surface area contributed by atoms with Crippen LogP contribution in [0.2, 0.25) is 0 Å². The number of alkyl halides is 3. The number of hydrogen-bond donors (Lipinski definition) is 3. The summed E-state index contributed by atoms with van der Waals surface area (Å²) in [7, 11) is 0. The van der Waals surface area contributed by atoms with Gasteiger partial charge in [-0.2, -0.15) is 23.4 Å². The van der Waals surface area contributed by atoms with Gasteiger partial charge < -0.3 is 20.3 Å². The van der Waals surface area contributed by atoms with Crippen molar-refractivity contribution in [2.75, 3.05) is 25.0 Å². The first-order valence-corrected chi connectivity index (χ1v) is 11.3. The fourth-order valence-electron chi connectivity index (χ4n) is 3.70. The maximum absolute atomic E-state index is 10.6. The molecule has 0 aliphatic carbocycles. The Balaban J connectivity index is 0.000000454. The first-order valence-electron chi connectivity index (χ1n) is 11.3. The van der Waals surface area contributed by atoms with E-state index < -0.39 is 12.1 Å². The molecule has 2 aromatic heterocycles. The zero-order valence-electron chi connectivity index (χ0n) is 19.7. The predicted octanol–water partition coefficient (Wildman–Crippen LogP) is 4.12. The first-order chi connectivity index (χ1) is 17.2. The van der Waals surface area contributed by atoms with Crippen LogP contribution in [0.25, 0.3) is 22.8 Å². The molecule has 3 heterocycles. The summed E-state index contributed by atoms with van der Waals surface area (Å²) in [5.74, 6) is -1.26. The zero-order valence-corrected chi connectivity index (χ0v) is 19.7. The van der Waals surface area contributed by atoms with Gasteiger partial charge in [0.25, 0.3) is 5.89 Å². The molecule has 0 atom stereocenters. The molecule has 36 heavy (non-hydrogen) atoms. The van der Waals surface area contributed by atoms with Crippen molar-refractivity contribution in [3.8, 4) is 28.9 Å². The molecule has 0 saturated heterocycles. The van der Waals surface area contributed by atoms with Crippen molar-refractivity contribution >= 4 is 11.8 Å². The highest BCUT2D eigenvalue weighted by Gasteiger charge is 2.38. The second kappa shape index (κ2) is 11.6. The van der Waals surface area contributed by atoms with Crippen molar-refractivity contribution in [1.29, 1.82) is 5.26 Å². The summed E-state index contributed by atoms with van der Waals surface area (Å²) < 4.78 is 37.2. The first kappa shape index (κ1) is 26.6. The summed E-state index contributed by atoms with van der Waals surface area (Å²) in [5, 5.41) is 27.4. The topological polar surface area (TPSA) is 137 Å². The lowest BCUT2D eigenvalue weighted by atomic mass is 9.93. The van der Waals surface area contributed by atoms with Gasteiger partial charge in [-0.15, -0.1) is 0 Å². The van der Waals surface area contributed by atoms with Gasteiger partial charge in [-0.1, -0.05) is 24.2 Å². The lowest BCUT2D eigenvalue weighted by molar-refractivity contribution is -0.192. The standard InChI is InChI=1S/C22H24N6O.C2HF3O2/c1-3-8-25-20-16(12-23)11-17(13-26-20)22-27-21(28-29-22)19-5-4-15-6-9-24-10-7-18(15)14(19)2;3-2(4,5)1(6)7/h4-5,11,13,24H,3,6-10H2,1-2H3,(H,25,26);(H,6,7). The van der Waals surface area contributed by atoms with E-state index in [4.69, 9.17) is 14.4 Å². The molecule has 1 aliphatic rings. The Morgan fingerprint density at radius 3 is 2.69 bits per heavy atom. The van der Waals surface area contributed by atoms with Gasteiger partial charge in [0, 0.05) is 18.3 Å². The molecule has 0 radical (unpaired) electrons. The number of fused-ring (bicyclic) bond motifs is 1. The third-order valence-corrected chi connectivity index (χ3v) is 5.53. The molecule has 0 amide bonds. The Hall–Kier alpha value is -3.98. The lowest BCUT2D eigenvalue weighted by Gasteiger charge is -2.11. The molecular weight excluding hydrogens is 477 g/mol. The number of pyridine rings is 1. The van der Waals surface area contributed by atoms with Crippen LogP contribution in [0.15, 0.2) is 28.9 Å². The maximum Gasteiger partial charge on any atom is 0.490 e. The molecule has 3 N–H and O–H groups in total. The summed E-state index contributed by atoms with van der Waals surface area (Å²) in [4.78, 5) is 17.8. The van der Waals surface area contributed by atoms with Crippen LogP contribution in [0.3, 0.4) is 0 Å². The van der Waals surface area contributed by atoms with Crippen molar-refractivity contribution in [3.63, 3.8) is 0 Å². The smallest absolute Gasteiger partial charge is 0.475 e. The Kier molecular flexibility index (Phi) is 8.60. The summed E-state index contributed by atoms with van der Waals surface area (Å²) in [5.41, 5.74) is 6.05. The maximum atomic E-state index is 10.6. The second-order valence-electron chi connectivity index (χ2n) is 8.01. The third-order valence-electron chi connectivity index (χ3n) is 5.53. The molecule has 0 spiro atoms. The number of hydrogen-bond acceptors (Lipinski definition) is 8. The molecule has 12 heteroatoms. The fourth-order valence-corrected chi connectivity index (χ4v) is 3.70. The van der Waals surface area contributed by atoms with Gasteiger partial charge in [0.15, 0.2) is 0 Å². The molecule has 0 unspecified atom stereocenters. The number of benzene rings is 1. The minimum atomic E-state index is -5.08. The van der Waals surface area contributed by atoms with Gasteiger partial charge in [0.2, 0.25) is 5.82 Å². The van der Waals surface area contributed by atoms with Crippen LogP contribution in [0.5, 0.6) is 0 Å². The predicted molar refractivity (Wildman–Crippen MR) is 125 cm³/mol. The van der Waals surface area contributed by atoms with E-state index in [2.05, 4.69) is 57.8 Å². The van der Waals surface area contributed by atoms with E-state index in [1.54, 1.807) is 12.3 Å². The number of aliphatic carboxylic acids is 1. The minimum Gasteiger partial charge on any atom is -0.475 e. The molecule has 3 aromatic rings. The Labute approximate surface area is 205 Å². The summed E-state index contributed by atoms with van der Waals surface area (Å²) in [6.45, 7) is 6.94. The van der Waals surface area contributed by atoms with Crippen LogP contribution < -0.4 is 10.6 Å². The molecule has 1 aliphatic heterocycles. The average Bonchev–Trinajstić information content (AvgIpc) is 3.20. The summed E-state index contributed by atoms with van der Waals surface area (Å²) >= 11 is 0. The number of carboxylic acid groups (broad SMARTS) is 1. The van der Waals surface area contributed by atoms with Crippen LogP contribution in [0, 0.1) is 18.3 Å².